The van der Waals surface area contributed by atoms with E-state index in [1.165, 1.54) is 19.2 Å². The summed E-state index contributed by atoms with van der Waals surface area (Å²) in [5, 5.41) is 2.89. The standard InChI is InChI=1S/C21H35N3O4S/c1-15(2)24(16(3)4)13-12-22-21(25)17-10-11-19(28-5)20(14-17)29(26,27)23-18-8-6-7-9-18/h10-11,14-16,18,23H,6-9,12-13H2,1-5H3,(H,22,25). The summed E-state index contributed by atoms with van der Waals surface area (Å²) in [5.41, 5.74) is 0.304. The van der Waals surface area contributed by atoms with Crippen LogP contribution in [0.4, 0.5) is 0 Å². The maximum absolute atomic E-state index is 12.9. The number of sulfonamides is 1. The number of hydrogen-bond acceptors (Lipinski definition) is 5. The quantitative estimate of drug-likeness (QED) is 0.602. The summed E-state index contributed by atoms with van der Waals surface area (Å²) in [5.74, 6) is -0.0599. The molecule has 0 atom stereocenters. The number of rotatable bonds is 10. The SMILES string of the molecule is COc1ccc(C(=O)NCCN(C(C)C)C(C)C)cc1S(=O)(=O)NC1CCCC1. The van der Waals surface area contributed by atoms with Gasteiger partial charge in [0, 0.05) is 36.8 Å². The number of nitrogens with zero attached hydrogens (tertiary/aromatic N) is 1. The largest absolute Gasteiger partial charge is 0.495 e. The number of hydrogen-bond donors (Lipinski definition) is 2. The zero-order chi connectivity index (χ0) is 21.6. The molecular weight excluding hydrogens is 390 g/mol. The first-order chi connectivity index (χ1) is 13.7. The Hall–Kier alpha value is -1.64. The summed E-state index contributed by atoms with van der Waals surface area (Å²) in [6.07, 6.45) is 3.72. The zero-order valence-electron chi connectivity index (χ0n) is 18.2. The number of nitrogens with one attached hydrogen (secondary N) is 2. The van der Waals surface area contributed by atoms with Crippen molar-refractivity contribution in [3.8, 4) is 5.75 Å². The van der Waals surface area contributed by atoms with Gasteiger partial charge in [0.25, 0.3) is 5.91 Å². The maximum atomic E-state index is 12.9. The van der Waals surface area contributed by atoms with Crippen molar-refractivity contribution in [2.45, 2.75) is 76.4 Å². The minimum Gasteiger partial charge on any atom is -0.495 e. The average Bonchev–Trinajstić information content (AvgIpc) is 3.16. The molecule has 1 amide bonds. The molecule has 164 valence electrons. The fourth-order valence-electron chi connectivity index (χ4n) is 3.87. The van der Waals surface area contributed by atoms with E-state index >= 15 is 0 Å². The molecule has 2 rings (SSSR count). The Morgan fingerprint density at radius 1 is 1.17 bits per heavy atom. The van der Waals surface area contributed by atoms with E-state index in [4.69, 9.17) is 4.74 Å². The molecular formula is C21H35N3O4S. The van der Waals surface area contributed by atoms with Gasteiger partial charge >= 0.3 is 0 Å². The summed E-state index contributed by atoms with van der Waals surface area (Å²) in [7, 11) is -2.34. The molecule has 1 aliphatic rings. The van der Waals surface area contributed by atoms with Crippen LogP contribution >= 0.6 is 0 Å². The van der Waals surface area contributed by atoms with Gasteiger partial charge in [-0.2, -0.15) is 0 Å². The van der Waals surface area contributed by atoms with Gasteiger partial charge < -0.3 is 10.1 Å². The van der Waals surface area contributed by atoms with Crippen molar-refractivity contribution < 1.29 is 17.9 Å². The second-order valence-corrected chi connectivity index (χ2v) is 9.83. The van der Waals surface area contributed by atoms with Crippen molar-refractivity contribution in [2.75, 3.05) is 20.2 Å². The molecule has 1 aliphatic carbocycles. The van der Waals surface area contributed by atoms with Gasteiger partial charge in [-0.25, -0.2) is 13.1 Å². The molecule has 0 bridgehead atoms. The number of ether oxygens (including phenoxy) is 1. The molecule has 0 saturated heterocycles. The zero-order valence-corrected chi connectivity index (χ0v) is 19.0. The average molecular weight is 426 g/mol. The van der Waals surface area contributed by atoms with Crippen LogP contribution in [0.3, 0.4) is 0 Å². The Morgan fingerprint density at radius 2 is 1.79 bits per heavy atom. The lowest BCUT2D eigenvalue weighted by molar-refractivity contribution is 0.0939. The molecule has 1 saturated carbocycles. The molecule has 0 unspecified atom stereocenters. The van der Waals surface area contributed by atoms with Gasteiger partial charge in [0.15, 0.2) is 0 Å². The number of benzene rings is 1. The van der Waals surface area contributed by atoms with Gasteiger partial charge in [-0.05, 0) is 58.7 Å². The van der Waals surface area contributed by atoms with Crippen LogP contribution in [0.1, 0.15) is 63.7 Å². The third-order valence-electron chi connectivity index (χ3n) is 5.37. The first-order valence-corrected chi connectivity index (χ1v) is 11.9. The van der Waals surface area contributed by atoms with Crippen molar-refractivity contribution in [1.82, 2.24) is 14.9 Å². The van der Waals surface area contributed by atoms with Crippen LogP contribution in [0, 0.1) is 0 Å². The molecule has 0 radical (unpaired) electrons. The van der Waals surface area contributed by atoms with Crippen molar-refractivity contribution in [3.05, 3.63) is 23.8 Å². The third kappa shape index (κ3) is 6.42. The van der Waals surface area contributed by atoms with E-state index in [9.17, 15) is 13.2 Å². The van der Waals surface area contributed by atoms with Crippen LogP contribution in [-0.2, 0) is 10.0 Å². The Balaban J connectivity index is 2.11. The minimum absolute atomic E-state index is 0.00513. The van der Waals surface area contributed by atoms with E-state index < -0.39 is 10.0 Å². The molecule has 0 aromatic heterocycles. The van der Waals surface area contributed by atoms with Crippen LogP contribution in [0.25, 0.3) is 0 Å². The molecule has 1 aromatic carbocycles. The third-order valence-corrected chi connectivity index (χ3v) is 6.92. The van der Waals surface area contributed by atoms with Crippen LogP contribution in [0.15, 0.2) is 23.1 Å². The van der Waals surface area contributed by atoms with Gasteiger partial charge in [0.05, 0.1) is 7.11 Å². The highest BCUT2D eigenvalue weighted by molar-refractivity contribution is 7.89. The molecule has 2 N–H and O–H groups in total. The second kappa shape index (κ2) is 10.4. The van der Waals surface area contributed by atoms with E-state index in [1.54, 1.807) is 6.07 Å². The highest BCUT2D eigenvalue weighted by Crippen LogP contribution is 2.27. The normalized spacial score (nSPS) is 15.4. The Bertz CT molecular complexity index is 779. The highest BCUT2D eigenvalue weighted by Gasteiger charge is 2.26. The van der Waals surface area contributed by atoms with Gasteiger partial charge in [-0.3, -0.25) is 9.69 Å². The molecule has 0 heterocycles. The lowest BCUT2D eigenvalue weighted by atomic mass is 10.2. The number of carbonyl (C=O) groups is 1. The van der Waals surface area contributed by atoms with Crippen LogP contribution in [-0.4, -0.2) is 57.5 Å². The van der Waals surface area contributed by atoms with E-state index in [0.717, 1.165) is 32.2 Å². The molecule has 0 spiro atoms. The van der Waals surface area contributed by atoms with E-state index in [-0.39, 0.29) is 22.6 Å². The summed E-state index contributed by atoms with van der Waals surface area (Å²) in [6.45, 7) is 9.72. The van der Waals surface area contributed by atoms with Crippen LogP contribution < -0.4 is 14.8 Å². The van der Waals surface area contributed by atoms with Crippen molar-refractivity contribution in [2.24, 2.45) is 0 Å². The Morgan fingerprint density at radius 3 is 2.34 bits per heavy atom. The molecule has 1 aromatic rings. The monoisotopic (exact) mass is 425 g/mol. The van der Waals surface area contributed by atoms with Crippen molar-refractivity contribution in [1.29, 1.82) is 0 Å². The lowest BCUT2D eigenvalue weighted by Gasteiger charge is -2.30. The van der Waals surface area contributed by atoms with Gasteiger partial charge in [0.1, 0.15) is 10.6 Å². The molecule has 7 nitrogen and oxygen atoms in total. The summed E-state index contributed by atoms with van der Waals surface area (Å²) < 4.78 is 33.7. The summed E-state index contributed by atoms with van der Waals surface area (Å²) in [4.78, 5) is 14.9. The molecule has 8 heteroatoms. The number of amides is 1. The van der Waals surface area contributed by atoms with E-state index in [2.05, 4.69) is 42.6 Å². The smallest absolute Gasteiger partial charge is 0.251 e. The fourth-order valence-corrected chi connectivity index (χ4v) is 5.37. The maximum Gasteiger partial charge on any atom is 0.251 e. The Labute approximate surface area is 175 Å². The lowest BCUT2D eigenvalue weighted by Crippen LogP contribution is -2.42. The van der Waals surface area contributed by atoms with Crippen molar-refractivity contribution >= 4 is 15.9 Å². The van der Waals surface area contributed by atoms with E-state index in [1.807, 2.05) is 0 Å². The van der Waals surface area contributed by atoms with Crippen LogP contribution in [0.5, 0.6) is 5.75 Å². The predicted molar refractivity (Wildman–Crippen MR) is 115 cm³/mol. The molecule has 1 fully saturated rings. The van der Waals surface area contributed by atoms with Crippen LogP contribution in [0.2, 0.25) is 0 Å². The number of carbonyl (C=O) groups excluding carboxylic acids is 1. The second-order valence-electron chi connectivity index (χ2n) is 8.15. The highest BCUT2D eigenvalue weighted by atomic mass is 32.2. The number of methoxy groups -OCH3 is 1. The molecule has 0 aliphatic heterocycles. The Kier molecular flexibility index (Phi) is 8.48. The van der Waals surface area contributed by atoms with Gasteiger partial charge in [0.2, 0.25) is 10.0 Å². The first-order valence-electron chi connectivity index (χ1n) is 10.4. The predicted octanol–water partition coefficient (Wildman–Crippen LogP) is 2.76. The van der Waals surface area contributed by atoms with E-state index in [0.29, 0.717) is 24.2 Å². The fraction of sp³-hybridized carbons (Fsp3) is 0.667. The summed E-state index contributed by atoms with van der Waals surface area (Å²) >= 11 is 0. The van der Waals surface area contributed by atoms with Gasteiger partial charge in [-0.15, -0.1) is 0 Å². The first kappa shape index (κ1) is 23.6. The summed E-state index contributed by atoms with van der Waals surface area (Å²) in [6, 6.07) is 5.23. The molecule has 29 heavy (non-hydrogen) atoms. The topological polar surface area (TPSA) is 87.7 Å². The minimum atomic E-state index is -3.76. The van der Waals surface area contributed by atoms with Crippen molar-refractivity contribution in [3.63, 3.8) is 0 Å². The van der Waals surface area contributed by atoms with Gasteiger partial charge in [-0.1, -0.05) is 12.8 Å².